The number of carbonyl (C=O) groups excluding carboxylic acids is 1. The van der Waals surface area contributed by atoms with Crippen molar-refractivity contribution in [1.29, 1.82) is 0 Å². The smallest absolute Gasteiger partial charge is 0.278 e. The van der Waals surface area contributed by atoms with E-state index in [2.05, 4.69) is 10.00 Å². The van der Waals surface area contributed by atoms with Gasteiger partial charge in [-0.05, 0) is 36.8 Å². The quantitative estimate of drug-likeness (QED) is 0.663. The van der Waals surface area contributed by atoms with Gasteiger partial charge >= 0.3 is 0 Å². The molecule has 1 amide bonds. The minimum Gasteiger partial charge on any atom is -0.335 e. The lowest BCUT2D eigenvalue weighted by Crippen LogP contribution is -2.49. The van der Waals surface area contributed by atoms with Crippen molar-refractivity contribution in [3.63, 3.8) is 0 Å². The summed E-state index contributed by atoms with van der Waals surface area (Å²) in [5, 5.41) is 5.64. The summed E-state index contributed by atoms with van der Waals surface area (Å²) in [4.78, 5) is 30.0. The van der Waals surface area contributed by atoms with Crippen LogP contribution in [-0.2, 0) is 13.1 Å². The van der Waals surface area contributed by atoms with Gasteiger partial charge in [-0.3, -0.25) is 19.2 Å². The van der Waals surface area contributed by atoms with E-state index in [1.54, 1.807) is 15.6 Å². The molecule has 0 spiro atoms. The van der Waals surface area contributed by atoms with Crippen LogP contribution in [0, 0.1) is 0 Å². The Morgan fingerprint density at radius 3 is 2.41 bits per heavy atom. The number of halogens is 1. The summed E-state index contributed by atoms with van der Waals surface area (Å²) >= 11 is 5.95. The molecule has 6 nitrogen and oxygen atoms in total. The summed E-state index contributed by atoms with van der Waals surface area (Å²) in [5.74, 6) is -0.283. The maximum Gasteiger partial charge on any atom is 0.278 e. The summed E-state index contributed by atoms with van der Waals surface area (Å²) < 4.78 is 1.72. The van der Waals surface area contributed by atoms with Crippen molar-refractivity contribution in [3.8, 4) is 0 Å². The molecule has 1 saturated heterocycles. The normalized spacial score (nSPS) is 15.0. The molecule has 7 heteroatoms. The van der Waals surface area contributed by atoms with Crippen molar-refractivity contribution in [3.05, 3.63) is 75.0 Å². The summed E-state index contributed by atoms with van der Waals surface area (Å²) in [5.41, 5.74) is 1.66. The van der Waals surface area contributed by atoms with Crippen LogP contribution in [0.15, 0.2) is 53.3 Å². The van der Waals surface area contributed by atoms with Gasteiger partial charge in [-0.25, -0.2) is 0 Å². The molecule has 0 bridgehead atoms. The van der Waals surface area contributed by atoms with Crippen LogP contribution >= 0.6 is 11.6 Å². The Hall–Kier alpha value is -2.70. The summed E-state index contributed by atoms with van der Waals surface area (Å²) in [6, 6.07) is 15.1. The van der Waals surface area contributed by atoms with Gasteiger partial charge in [-0.2, -0.15) is 5.10 Å². The van der Waals surface area contributed by atoms with Gasteiger partial charge < -0.3 is 4.90 Å². The number of carbonyl (C=O) groups is 1. The van der Waals surface area contributed by atoms with Crippen LogP contribution in [0.5, 0.6) is 0 Å². The van der Waals surface area contributed by atoms with Crippen LogP contribution in [0.2, 0.25) is 5.02 Å². The molecule has 0 radical (unpaired) electrons. The molecule has 0 atom stereocenters. The number of rotatable bonds is 4. The monoisotopic (exact) mass is 410 g/mol. The Labute approximate surface area is 174 Å². The van der Waals surface area contributed by atoms with E-state index in [0.717, 1.165) is 30.2 Å². The molecule has 0 aliphatic carbocycles. The Morgan fingerprint density at radius 1 is 1.03 bits per heavy atom. The third kappa shape index (κ3) is 4.04. The first-order chi connectivity index (χ1) is 14.1. The first-order valence-electron chi connectivity index (χ1n) is 9.82. The number of nitrogens with zero attached hydrogens (tertiary/aromatic N) is 4. The minimum atomic E-state index is -0.293. The molecular formula is C22H23ClN4O2. The lowest BCUT2D eigenvalue weighted by Gasteiger charge is -2.34. The molecule has 0 saturated carbocycles. The number of amides is 1. The number of piperazine rings is 1. The average Bonchev–Trinajstić information content (AvgIpc) is 2.76. The van der Waals surface area contributed by atoms with E-state index in [1.165, 1.54) is 5.56 Å². The predicted molar refractivity (Wildman–Crippen MR) is 114 cm³/mol. The van der Waals surface area contributed by atoms with E-state index < -0.39 is 0 Å². The van der Waals surface area contributed by atoms with Gasteiger partial charge in [0.25, 0.3) is 5.91 Å². The largest absolute Gasteiger partial charge is 0.335 e. The molecule has 0 unspecified atom stereocenters. The van der Waals surface area contributed by atoms with Crippen LogP contribution in [-0.4, -0.2) is 51.7 Å². The predicted octanol–water partition coefficient (Wildman–Crippen LogP) is 3.03. The lowest BCUT2D eigenvalue weighted by molar-refractivity contribution is 0.0619. The highest BCUT2D eigenvalue weighted by Crippen LogP contribution is 2.15. The second kappa shape index (κ2) is 8.35. The van der Waals surface area contributed by atoms with Crippen LogP contribution in [0.4, 0.5) is 0 Å². The van der Waals surface area contributed by atoms with Gasteiger partial charge in [0.2, 0.25) is 5.43 Å². The Morgan fingerprint density at radius 2 is 1.72 bits per heavy atom. The number of aromatic nitrogens is 2. The molecule has 1 aliphatic rings. The Bertz CT molecular complexity index is 1090. The fraction of sp³-hybridized carbons (Fsp3) is 0.318. The van der Waals surface area contributed by atoms with E-state index in [4.69, 9.17) is 11.6 Å². The molecule has 150 valence electrons. The second-order valence-corrected chi connectivity index (χ2v) is 7.64. The summed E-state index contributed by atoms with van der Waals surface area (Å²) in [6.45, 7) is 6.02. The molecule has 1 fully saturated rings. The highest BCUT2D eigenvalue weighted by Gasteiger charge is 2.26. The first kappa shape index (κ1) is 19.6. The highest BCUT2D eigenvalue weighted by molar-refractivity contribution is 6.30. The SMILES string of the molecule is CCn1nc(C(=O)N2CCN(Cc3ccc(Cl)cc3)CC2)c(=O)c2ccccc21. The molecular weight excluding hydrogens is 388 g/mol. The fourth-order valence-electron chi connectivity index (χ4n) is 3.73. The van der Waals surface area contributed by atoms with Gasteiger partial charge in [0.1, 0.15) is 0 Å². The molecule has 4 rings (SSSR count). The lowest BCUT2D eigenvalue weighted by atomic mass is 10.1. The third-order valence-corrected chi connectivity index (χ3v) is 5.60. The maximum absolute atomic E-state index is 13.1. The first-order valence-corrected chi connectivity index (χ1v) is 10.2. The topological polar surface area (TPSA) is 58.4 Å². The zero-order valence-corrected chi connectivity index (χ0v) is 17.1. The van der Waals surface area contributed by atoms with Gasteiger partial charge in [0, 0.05) is 49.7 Å². The van der Waals surface area contributed by atoms with Gasteiger partial charge in [0.15, 0.2) is 5.69 Å². The van der Waals surface area contributed by atoms with Crippen LogP contribution in [0.25, 0.3) is 10.9 Å². The van der Waals surface area contributed by atoms with Crippen molar-refractivity contribution >= 4 is 28.4 Å². The third-order valence-electron chi connectivity index (χ3n) is 5.34. The van der Waals surface area contributed by atoms with Crippen molar-refractivity contribution < 1.29 is 4.79 Å². The van der Waals surface area contributed by atoms with Crippen LogP contribution < -0.4 is 5.43 Å². The molecule has 0 N–H and O–H groups in total. The van der Waals surface area contributed by atoms with Crippen LogP contribution in [0.1, 0.15) is 23.0 Å². The minimum absolute atomic E-state index is 0.0108. The van der Waals surface area contributed by atoms with Gasteiger partial charge in [-0.15, -0.1) is 0 Å². The zero-order valence-electron chi connectivity index (χ0n) is 16.3. The number of hydrogen-bond donors (Lipinski definition) is 0. The van der Waals surface area contributed by atoms with Crippen LogP contribution in [0.3, 0.4) is 0 Å². The number of para-hydroxylation sites is 1. The fourth-order valence-corrected chi connectivity index (χ4v) is 3.85. The van der Waals surface area contributed by atoms with Gasteiger partial charge in [0.05, 0.1) is 5.52 Å². The number of benzene rings is 2. The summed E-state index contributed by atoms with van der Waals surface area (Å²) in [6.07, 6.45) is 0. The van der Waals surface area contributed by atoms with Crippen molar-refractivity contribution in [2.24, 2.45) is 0 Å². The molecule has 2 aromatic carbocycles. The summed E-state index contributed by atoms with van der Waals surface area (Å²) in [7, 11) is 0. The Kier molecular flexibility index (Phi) is 5.65. The van der Waals surface area contributed by atoms with E-state index in [1.807, 2.05) is 49.4 Å². The average molecular weight is 411 g/mol. The molecule has 29 heavy (non-hydrogen) atoms. The molecule has 2 heterocycles. The number of aryl methyl sites for hydroxylation is 1. The second-order valence-electron chi connectivity index (χ2n) is 7.21. The molecule has 1 aromatic heterocycles. The molecule has 1 aliphatic heterocycles. The van der Waals surface area contributed by atoms with Crippen molar-refractivity contribution in [2.45, 2.75) is 20.0 Å². The Balaban J connectivity index is 1.49. The van der Waals surface area contributed by atoms with Gasteiger partial charge in [-0.1, -0.05) is 35.9 Å². The van der Waals surface area contributed by atoms with E-state index >= 15 is 0 Å². The standard InChI is InChI=1S/C22H23ClN4O2/c1-2-27-19-6-4-3-5-18(19)21(28)20(24-27)22(29)26-13-11-25(12-14-26)15-16-7-9-17(23)10-8-16/h3-10H,2,11-15H2,1H3. The maximum atomic E-state index is 13.1. The number of fused-ring (bicyclic) bond motifs is 1. The van der Waals surface area contributed by atoms with E-state index in [-0.39, 0.29) is 17.0 Å². The highest BCUT2D eigenvalue weighted by atomic mass is 35.5. The van der Waals surface area contributed by atoms with E-state index in [9.17, 15) is 9.59 Å². The van der Waals surface area contributed by atoms with Crippen molar-refractivity contribution in [1.82, 2.24) is 19.6 Å². The zero-order chi connectivity index (χ0) is 20.4. The number of hydrogen-bond acceptors (Lipinski definition) is 4. The van der Waals surface area contributed by atoms with Crippen molar-refractivity contribution in [2.75, 3.05) is 26.2 Å². The molecule has 3 aromatic rings. The van der Waals surface area contributed by atoms with E-state index in [0.29, 0.717) is 25.0 Å².